The van der Waals surface area contributed by atoms with Crippen LogP contribution in [0.1, 0.15) is 38.4 Å². The summed E-state index contributed by atoms with van der Waals surface area (Å²) >= 11 is 3.06. The highest BCUT2D eigenvalue weighted by atomic mass is 79.9. The second-order valence-corrected chi connectivity index (χ2v) is 7.25. The SMILES string of the molecule is CC1(NS(=O)(=O)c2cc(CO)oc2Br)CCCC1. The normalized spacial score (nSPS) is 19.3. The lowest BCUT2D eigenvalue weighted by molar-refractivity contribution is 0.245. The van der Waals surface area contributed by atoms with Gasteiger partial charge in [-0.05, 0) is 35.7 Å². The predicted octanol–water partition coefficient (Wildman–Crippen LogP) is 2.15. The number of furan rings is 1. The first-order valence-electron chi connectivity index (χ1n) is 5.79. The molecule has 0 saturated heterocycles. The molecule has 7 heteroatoms. The first-order chi connectivity index (χ1) is 8.36. The standard InChI is InChI=1S/C11H16BrNO4S/c1-11(4-2-3-5-11)13-18(15,16)9-6-8(7-14)17-10(9)12/h6,13-14H,2-5,7H2,1H3. The van der Waals surface area contributed by atoms with Crippen molar-refractivity contribution in [3.63, 3.8) is 0 Å². The third kappa shape index (κ3) is 2.79. The van der Waals surface area contributed by atoms with E-state index in [1.807, 2.05) is 6.92 Å². The third-order valence-electron chi connectivity index (χ3n) is 3.24. The van der Waals surface area contributed by atoms with Crippen molar-refractivity contribution < 1.29 is 17.9 Å². The fourth-order valence-corrected chi connectivity index (χ4v) is 4.76. The van der Waals surface area contributed by atoms with Gasteiger partial charge in [0, 0.05) is 11.6 Å². The summed E-state index contributed by atoms with van der Waals surface area (Å²) in [4.78, 5) is 0.0414. The summed E-state index contributed by atoms with van der Waals surface area (Å²) in [5.74, 6) is 0.221. The molecular weight excluding hydrogens is 322 g/mol. The van der Waals surface area contributed by atoms with E-state index >= 15 is 0 Å². The number of rotatable bonds is 4. The molecule has 1 aromatic rings. The second-order valence-electron chi connectivity index (χ2n) is 4.88. The molecule has 1 fully saturated rings. The molecule has 0 aromatic carbocycles. The predicted molar refractivity (Wildman–Crippen MR) is 69.5 cm³/mol. The highest BCUT2D eigenvalue weighted by molar-refractivity contribution is 9.10. The van der Waals surface area contributed by atoms with E-state index in [0.717, 1.165) is 25.7 Å². The monoisotopic (exact) mass is 337 g/mol. The molecule has 0 unspecified atom stereocenters. The molecule has 2 rings (SSSR count). The van der Waals surface area contributed by atoms with E-state index in [1.165, 1.54) is 6.07 Å². The molecule has 0 aliphatic heterocycles. The zero-order valence-electron chi connectivity index (χ0n) is 10.1. The number of sulfonamides is 1. The maximum atomic E-state index is 12.3. The van der Waals surface area contributed by atoms with Crippen LogP contribution in [0.15, 0.2) is 20.0 Å². The number of aliphatic hydroxyl groups excluding tert-OH is 1. The van der Waals surface area contributed by atoms with Crippen LogP contribution in [0.5, 0.6) is 0 Å². The smallest absolute Gasteiger partial charge is 0.245 e. The van der Waals surface area contributed by atoms with Gasteiger partial charge in [0.05, 0.1) is 0 Å². The summed E-state index contributed by atoms with van der Waals surface area (Å²) in [7, 11) is -3.62. The highest BCUT2D eigenvalue weighted by Crippen LogP contribution is 2.32. The molecule has 0 spiro atoms. The first kappa shape index (κ1) is 14.0. The zero-order chi connectivity index (χ0) is 13.4. The Labute approximate surface area is 115 Å². The van der Waals surface area contributed by atoms with Crippen molar-refractivity contribution in [1.82, 2.24) is 4.72 Å². The summed E-state index contributed by atoms with van der Waals surface area (Å²) < 4.78 is 32.5. The minimum atomic E-state index is -3.62. The number of hydrogen-bond donors (Lipinski definition) is 2. The molecular formula is C11H16BrNO4S. The van der Waals surface area contributed by atoms with Gasteiger partial charge in [-0.3, -0.25) is 0 Å². The Morgan fingerprint density at radius 3 is 2.61 bits per heavy atom. The quantitative estimate of drug-likeness (QED) is 0.882. The Kier molecular flexibility index (Phi) is 3.87. The van der Waals surface area contributed by atoms with E-state index in [-0.39, 0.29) is 27.5 Å². The summed E-state index contributed by atoms with van der Waals surface area (Å²) in [6.07, 6.45) is 3.75. The molecule has 0 bridgehead atoms. The van der Waals surface area contributed by atoms with Crippen LogP contribution in [-0.2, 0) is 16.6 Å². The Morgan fingerprint density at radius 2 is 2.11 bits per heavy atom. The van der Waals surface area contributed by atoms with E-state index in [9.17, 15) is 8.42 Å². The maximum Gasteiger partial charge on any atom is 0.245 e. The van der Waals surface area contributed by atoms with Crippen LogP contribution in [-0.4, -0.2) is 19.1 Å². The fraction of sp³-hybridized carbons (Fsp3) is 0.636. The highest BCUT2D eigenvalue weighted by Gasteiger charge is 2.35. The van der Waals surface area contributed by atoms with Gasteiger partial charge in [-0.1, -0.05) is 12.8 Å². The van der Waals surface area contributed by atoms with Crippen LogP contribution in [0.4, 0.5) is 0 Å². The Balaban J connectivity index is 2.27. The number of nitrogens with one attached hydrogen (secondary N) is 1. The van der Waals surface area contributed by atoms with Crippen molar-refractivity contribution in [2.24, 2.45) is 0 Å². The minimum absolute atomic E-state index is 0.0414. The van der Waals surface area contributed by atoms with Crippen molar-refractivity contribution in [2.75, 3.05) is 0 Å². The molecule has 5 nitrogen and oxygen atoms in total. The molecule has 1 saturated carbocycles. The Hall–Kier alpha value is -0.370. The van der Waals surface area contributed by atoms with Gasteiger partial charge in [0.1, 0.15) is 17.3 Å². The molecule has 1 aliphatic carbocycles. The van der Waals surface area contributed by atoms with Gasteiger partial charge < -0.3 is 9.52 Å². The summed E-state index contributed by atoms with van der Waals surface area (Å²) in [6, 6.07) is 1.34. The molecule has 0 atom stereocenters. The summed E-state index contributed by atoms with van der Waals surface area (Å²) in [6.45, 7) is 1.59. The largest absolute Gasteiger partial charge is 0.450 e. The minimum Gasteiger partial charge on any atom is -0.450 e. The molecule has 1 aliphatic rings. The lowest BCUT2D eigenvalue weighted by atomic mass is 10.0. The second kappa shape index (κ2) is 4.96. The maximum absolute atomic E-state index is 12.3. The Bertz CT molecular complexity index is 531. The number of aliphatic hydroxyl groups is 1. The molecule has 1 aromatic heterocycles. The number of halogens is 1. The average Bonchev–Trinajstić information content (AvgIpc) is 2.84. The van der Waals surface area contributed by atoms with Crippen LogP contribution in [0.25, 0.3) is 0 Å². The third-order valence-corrected chi connectivity index (χ3v) is 5.74. The molecule has 102 valence electrons. The average molecular weight is 338 g/mol. The van der Waals surface area contributed by atoms with Crippen molar-refractivity contribution in [3.05, 3.63) is 16.5 Å². The van der Waals surface area contributed by atoms with Gasteiger partial charge in [-0.15, -0.1) is 0 Å². The van der Waals surface area contributed by atoms with Gasteiger partial charge in [-0.2, -0.15) is 0 Å². The Morgan fingerprint density at radius 1 is 1.50 bits per heavy atom. The van der Waals surface area contributed by atoms with Gasteiger partial charge in [0.2, 0.25) is 10.0 Å². The summed E-state index contributed by atoms with van der Waals surface area (Å²) in [5.41, 5.74) is -0.380. The van der Waals surface area contributed by atoms with Gasteiger partial charge in [0.25, 0.3) is 0 Å². The molecule has 0 radical (unpaired) electrons. The lowest BCUT2D eigenvalue weighted by Crippen LogP contribution is -2.43. The van der Waals surface area contributed by atoms with Crippen molar-refractivity contribution in [2.45, 2.75) is 49.6 Å². The van der Waals surface area contributed by atoms with E-state index in [1.54, 1.807) is 0 Å². The van der Waals surface area contributed by atoms with E-state index in [4.69, 9.17) is 9.52 Å². The van der Waals surface area contributed by atoms with Gasteiger partial charge in [-0.25, -0.2) is 13.1 Å². The van der Waals surface area contributed by atoms with E-state index in [0.29, 0.717) is 0 Å². The topological polar surface area (TPSA) is 79.5 Å². The van der Waals surface area contributed by atoms with Crippen molar-refractivity contribution in [1.29, 1.82) is 0 Å². The van der Waals surface area contributed by atoms with Gasteiger partial charge in [0.15, 0.2) is 4.67 Å². The molecule has 0 amide bonds. The van der Waals surface area contributed by atoms with Crippen molar-refractivity contribution >= 4 is 26.0 Å². The zero-order valence-corrected chi connectivity index (χ0v) is 12.5. The molecule has 1 heterocycles. The first-order valence-corrected chi connectivity index (χ1v) is 8.07. The van der Waals surface area contributed by atoms with Crippen LogP contribution >= 0.6 is 15.9 Å². The van der Waals surface area contributed by atoms with Crippen LogP contribution in [0, 0.1) is 0 Å². The van der Waals surface area contributed by atoms with Gasteiger partial charge >= 0.3 is 0 Å². The molecule has 2 N–H and O–H groups in total. The van der Waals surface area contributed by atoms with E-state index < -0.39 is 10.0 Å². The number of hydrogen-bond acceptors (Lipinski definition) is 4. The van der Waals surface area contributed by atoms with Crippen LogP contribution in [0.3, 0.4) is 0 Å². The van der Waals surface area contributed by atoms with Crippen LogP contribution in [0.2, 0.25) is 0 Å². The lowest BCUT2D eigenvalue weighted by Gasteiger charge is -2.24. The van der Waals surface area contributed by atoms with Crippen LogP contribution < -0.4 is 4.72 Å². The van der Waals surface area contributed by atoms with Crippen molar-refractivity contribution in [3.8, 4) is 0 Å². The molecule has 18 heavy (non-hydrogen) atoms. The fourth-order valence-electron chi connectivity index (χ4n) is 2.30. The summed E-state index contributed by atoms with van der Waals surface area (Å²) in [5, 5.41) is 8.95. The van der Waals surface area contributed by atoms with E-state index in [2.05, 4.69) is 20.7 Å².